The van der Waals surface area contributed by atoms with E-state index >= 15 is 0 Å². The Hall–Kier alpha value is -2.62. The van der Waals surface area contributed by atoms with Gasteiger partial charge in [0.15, 0.2) is 0 Å². The van der Waals surface area contributed by atoms with Crippen LogP contribution in [-0.2, 0) is 11.3 Å². The van der Waals surface area contributed by atoms with E-state index < -0.39 is 0 Å². The minimum Gasteiger partial charge on any atom is -0.465 e. The average Bonchev–Trinajstić information content (AvgIpc) is 2.82. The van der Waals surface area contributed by atoms with Crippen LogP contribution in [-0.4, -0.2) is 22.6 Å². The third-order valence-corrected chi connectivity index (χ3v) is 3.54. The third kappa shape index (κ3) is 2.52. The standard InChI is InChI=1S/C17H16N2O2/c1-12-18-15-10-14(17(20)21-2)8-9-16(15)19(12)11-13-6-4-3-5-7-13/h3-10H,11H2,1-2H3. The minimum absolute atomic E-state index is 0.341. The zero-order chi connectivity index (χ0) is 14.8. The molecule has 0 bridgehead atoms. The molecule has 4 heteroatoms. The molecule has 4 nitrogen and oxygen atoms in total. The van der Waals surface area contributed by atoms with Crippen LogP contribution in [0.2, 0.25) is 0 Å². The van der Waals surface area contributed by atoms with Crippen LogP contribution >= 0.6 is 0 Å². The summed E-state index contributed by atoms with van der Waals surface area (Å²) in [7, 11) is 1.38. The zero-order valence-corrected chi connectivity index (χ0v) is 12.0. The van der Waals surface area contributed by atoms with E-state index in [0.29, 0.717) is 5.56 Å². The van der Waals surface area contributed by atoms with Gasteiger partial charge in [0, 0.05) is 6.54 Å². The van der Waals surface area contributed by atoms with Crippen molar-refractivity contribution in [3.63, 3.8) is 0 Å². The summed E-state index contributed by atoms with van der Waals surface area (Å²) in [5.41, 5.74) is 3.57. The first-order valence-electron chi connectivity index (χ1n) is 6.78. The van der Waals surface area contributed by atoms with Crippen LogP contribution in [0.3, 0.4) is 0 Å². The quantitative estimate of drug-likeness (QED) is 0.692. The van der Waals surface area contributed by atoms with Crippen molar-refractivity contribution in [2.24, 2.45) is 0 Å². The van der Waals surface area contributed by atoms with Crippen molar-refractivity contribution in [1.29, 1.82) is 0 Å². The summed E-state index contributed by atoms with van der Waals surface area (Å²) in [4.78, 5) is 16.1. The van der Waals surface area contributed by atoms with Crippen molar-refractivity contribution in [1.82, 2.24) is 9.55 Å². The molecule has 1 heterocycles. The number of methoxy groups -OCH3 is 1. The van der Waals surface area contributed by atoms with Crippen molar-refractivity contribution in [2.75, 3.05) is 7.11 Å². The highest BCUT2D eigenvalue weighted by Crippen LogP contribution is 2.19. The lowest BCUT2D eigenvalue weighted by atomic mass is 10.2. The highest BCUT2D eigenvalue weighted by molar-refractivity contribution is 5.93. The molecule has 0 spiro atoms. The lowest BCUT2D eigenvalue weighted by Gasteiger charge is -2.07. The van der Waals surface area contributed by atoms with E-state index in [2.05, 4.69) is 21.7 Å². The Morgan fingerprint density at radius 3 is 2.67 bits per heavy atom. The maximum Gasteiger partial charge on any atom is 0.337 e. The second-order valence-electron chi connectivity index (χ2n) is 4.93. The molecule has 0 saturated carbocycles. The van der Waals surface area contributed by atoms with Crippen LogP contribution in [0.25, 0.3) is 11.0 Å². The molecule has 1 aromatic heterocycles. The number of hydrogen-bond donors (Lipinski definition) is 0. The number of ether oxygens (including phenoxy) is 1. The lowest BCUT2D eigenvalue weighted by Crippen LogP contribution is -2.03. The SMILES string of the molecule is COC(=O)c1ccc2c(c1)nc(C)n2Cc1ccccc1. The number of hydrogen-bond acceptors (Lipinski definition) is 3. The number of aryl methyl sites for hydroxylation is 1. The number of nitrogens with zero attached hydrogens (tertiary/aromatic N) is 2. The van der Waals surface area contributed by atoms with E-state index in [0.717, 1.165) is 23.4 Å². The van der Waals surface area contributed by atoms with Crippen LogP contribution in [0.4, 0.5) is 0 Å². The maximum atomic E-state index is 11.6. The van der Waals surface area contributed by atoms with Gasteiger partial charge in [0.2, 0.25) is 0 Å². The number of carbonyl (C=O) groups excluding carboxylic acids is 1. The Kier molecular flexibility index (Phi) is 3.44. The number of imidazole rings is 1. The van der Waals surface area contributed by atoms with Gasteiger partial charge in [-0.2, -0.15) is 0 Å². The topological polar surface area (TPSA) is 44.1 Å². The van der Waals surface area contributed by atoms with Gasteiger partial charge in [-0.1, -0.05) is 30.3 Å². The summed E-state index contributed by atoms with van der Waals surface area (Å²) in [5.74, 6) is 0.586. The van der Waals surface area contributed by atoms with Gasteiger partial charge in [0.1, 0.15) is 5.82 Å². The number of fused-ring (bicyclic) bond motifs is 1. The number of rotatable bonds is 3. The van der Waals surface area contributed by atoms with Gasteiger partial charge in [-0.25, -0.2) is 9.78 Å². The van der Waals surface area contributed by atoms with Crippen molar-refractivity contribution in [3.05, 3.63) is 65.5 Å². The first kappa shape index (κ1) is 13.4. The fourth-order valence-electron chi connectivity index (χ4n) is 2.46. The molecular weight excluding hydrogens is 264 g/mol. The Bertz CT molecular complexity index is 791. The van der Waals surface area contributed by atoms with E-state index in [1.165, 1.54) is 12.7 Å². The van der Waals surface area contributed by atoms with Crippen molar-refractivity contribution >= 4 is 17.0 Å². The number of esters is 1. The molecule has 0 aliphatic carbocycles. The fourth-order valence-corrected chi connectivity index (χ4v) is 2.46. The molecule has 0 aliphatic rings. The largest absolute Gasteiger partial charge is 0.465 e. The lowest BCUT2D eigenvalue weighted by molar-refractivity contribution is 0.0601. The first-order valence-corrected chi connectivity index (χ1v) is 6.78. The molecule has 0 saturated heterocycles. The molecule has 2 aromatic carbocycles. The zero-order valence-electron chi connectivity index (χ0n) is 12.0. The first-order chi connectivity index (χ1) is 10.2. The normalized spacial score (nSPS) is 10.8. The highest BCUT2D eigenvalue weighted by Gasteiger charge is 2.11. The van der Waals surface area contributed by atoms with E-state index in [1.54, 1.807) is 12.1 Å². The number of benzene rings is 2. The van der Waals surface area contributed by atoms with Gasteiger partial charge in [-0.15, -0.1) is 0 Å². The second-order valence-corrected chi connectivity index (χ2v) is 4.93. The number of aromatic nitrogens is 2. The summed E-state index contributed by atoms with van der Waals surface area (Å²) in [6, 6.07) is 15.7. The summed E-state index contributed by atoms with van der Waals surface area (Å²) in [6.45, 7) is 2.74. The molecule has 0 N–H and O–H groups in total. The van der Waals surface area contributed by atoms with E-state index in [9.17, 15) is 4.79 Å². The minimum atomic E-state index is -0.341. The fraction of sp³-hybridized carbons (Fsp3) is 0.176. The molecule has 0 unspecified atom stereocenters. The van der Waals surface area contributed by atoms with Crippen LogP contribution in [0, 0.1) is 6.92 Å². The monoisotopic (exact) mass is 280 g/mol. The Balaban J connectivity index is 2.04. The van der Waals surface area contributed by atoms with E-state index in [-0.39, 0.29) is 5.97 Å². The molecule has 0 aliphatic heterocycles. The molecule has 0 radical (unpaired) electrons. The molecule has 0 atom stereocenters. The van der Waals surface area contributed by atoms with Crippen molar-refractivity contribution in [2.45, 2.75) is 13.5 Å². The van der Waals surface area contributed by atoms with Gasteiger partial charge in [-0.05, 0) is 30.7 Å². The average molecular weight is 280 g/mol. The maximum absolute atomic E-state index is 11.6. The summed E-state index contributed by atoms with van der Waals surface area (Å²) < 4.78 is 6.89. The number of carbonyl (C=O) groups is 1. The van der Waals surface area contributed by atoms with Gasteiger partial charge < -0.3 is 9.30 Å². The van der Waals surface area contributed by atoms with E-state index in [1.807, 2.05) is 31.2 Å². The summed E-state index contributed by atoms with van der Waals surface area (Å²) in [5, 5.41) is 0. The molecule has 21 heavy (non-hydrogen) atoms. The Morgan fingerprint density at radius 2 is 1.95 bits per heavy atom. The molecule has 106 valence electrons. The predicted molar refractivity (Wildman–Crippen MR) is 81.4 cm³/mol. The Morgan fingerprint density at radius 1 is 1.19 bits per heavy atom. The van der Waals surface area contributed by atoms with Gasteiger partial charge in [0.25, 0.3) is 0 Å². The van der Waals surface area contributed by atoms with Gasteiger partial charge in [0.05, 0.1) is 23.7 Å². The summed E-state index contributed by atoms with van der Waals surface area (Å²) >= 11 is 0. The highest BCUT2D eigenvalue weighted by atomic mass is 16.5. The molecule has 0 fully saturated rings. The predicted octanol–water partition coefficient (Wildman–Crippen LogP) is 3.18. The molecular formula is C17H16N2O2. The summed E-state index contributed by atoms with van der Waals surface area (Å²) in [6.07, 6.45) is 0. The van der Waals surface area contributed by atoms with Gasteiger partial charge >= 0.3 is 5.97 Å². The van der Waals surface area contributed by atoms with E-state index in [4.69, 9.17) is 4.74 Å². The van der Waals surface area contributed by atoms with Crippen LogP contribution < -0.4 is 0 Å². The van der Waals surface area contributed by atoms with Crippen molar-refractivity contribution in [3.8, 4) is 0 Å². The van der Waals surface area contributed by atoms with Crippen LogP contribution in [0.1, 0.15) is 21.7 Å². The van der Waals surface area contributed by atoms with Gasteiger partial charge in [-0.3, -0.25) is 0 Å². The second kappa shape index (κ2) is 5.40. The Labute approximate surface area is 123 Å². The van der Waals surface area contributed by atoms with Crippen LogP contribution in [0.5, 0.6) is 0 Å². The molecule has 3 aromatic rings. The third-order valence-electron chi connectivity index (χ3n) is 3.54. The van der Waals surface area contributed by atoms with Crippen LogP contribution in [0.15, 0.2) is 48.5 Å². The van der Waals surface area contributed by atoms with Crippen molar-refractivity contribution < 1.29 is 9.53 Å². The molecule has 0 amide bonds. The smallest absolute Gasteiger partial charge is 0.337 e. The molecule has 3 rings (SSSR count).